The zero-order valence-corrected chi connectivity index (χ0v) is 16.4. The summed E-state index contributed by atoms with van der Waals surface area (Å²) in [5.74, 6) is -0.0985. The zero-order valence-electron chi connectivity index (χ0n) is 15.7. The first kappa shape index (κ1) is 19.2. The minimum absolute atomic E-state index is 0.0985. The number of piperidine rings is 1. The number of pyridine rings is 1. The Labute approximate surface area is 173 Å². The van der Waals surface area contributed by atoms with Gasteiger partial charge in [-0.3, -0.25) is 9.69 Å². The Kier molecular flexibility index (Phi) is 5.12. The first-order chi connectivity index (χ1) is 14.0. The van der Waals surface area contributed by atoms with Gasteiger partial charge in [-0.2, -0.15) is 5.26 Å². The molecule has 2 fully saturated rings. The molecule has 148 valence electrons. The molecule has 2 saturated heterocycles. The van der Waals surface area contributed by atoms with Gasteiger partial charge in [0.25, 0.3) is 5.91 Å². The van der Waals surface area contributed by atoms with E-state index in [-0.39, 0.29) is 17.2 Å². The molecule has 0 radical (unpaired) electrons. The maximum absolute atomic E-state index is 12.7. The molecule has 1 aromatic heterocycles. The van der Waals surface area contributed by atoms with Crippen molar-refractivity contribution in [3.63, 3.8) is 0 Å². The minimum Gasteiger partial charge on any atom is -0.441 e. The quantitative estimate of drug-likeness (QED) is 0.725. The number of amides is 2. The number of nitriles is 1. The second-order valence-corrected chi connectivity index (χ2v) is 7.77. The number of nitrogens with zero attached hydrogens (tertiary/aromatic N) is 4. The van der Waals surface area contributed by atoms with Gasteiger partial charge in [0.05, 0.1) is 18.2 Å². The highest BCUT2D eigenvalue weighted by Gasteiger charge is 2.47. The van der Waals surface area contributed by atoms with Crippen LogP contribution in [0.15, 0.2) is 42.6 Å². The summed E-state index contributed by atoms with van der Waals surface area (Å²) in [6, 6.07) is 12.5. The maximum atomic E-state index is 12.7. The van der Waals surface area contributed by atoms with E-state index in [9.17, 15) is 9.59 Å². The molecular weight excluding hydrogens is 392 g/mol. The lowest BCUT2D eigenvalue weighted by Crippen LogP contribution is -2.48. The Balaban J connectivity index is 1.39. The predicted molar refractivity (Wildman–Crippen MR) is 105 cm³/mol. The largest absolute Gasteiger partial charge is 0.441 e. The third-order valence-corrected chi connectivity index (χ3v) is 5.61. The zero-order chi connectivity index (χ0) is 20.4. The van der Waals surface area contributed by atoms with Crippen LogP contribution < -0.4 is 0 Å². The topological polar surface area (TPSA) is 86.5 Å². The van der Waals surface area contributed by atoms with Crippen LogP contribution in [0.25, 0.3) is 0 Å². The lowest BCUT2D eigenvalue weighted by Gasteiger charge is -2.37. The van der Waals surface area contributed by atoms with Crippen molar-refractivity contribution in [3.8, 4) is 6.07 Å². The summed E-state index contributed by atoms with van der Waals surface area (Å²) < 4.78 is 5.74. The second-order valence-electron chi connectivity index (χ2n) is 7.38. The lowest BCUT2D eigenvalue weighted by molar-refractivity contribution is 0.00312. The van der Waals surface area contributed by atoms with Crippen molar-refractivity contribution in [3.05, 3.63) is 64.4 Å². The van der Waals surface area contributed by atoms with Gasteiger partial charge in [-0.1, -0.05) is 23.7 Å². The minimum atomic E-state index is -0.573. The number of hydrogen-bond acceptors (Lipinski definition) is 5. The summed E-state index contributed by atoms with van der Waals surface area (Å²) in [4.78, 5) is 32.4. The van der Waals surface area contributed by atoms with E-state index in [1.54, 1.807) is 40.1 Å². The van der Waals surface area contributed by atoms with Crippen LogP contribution in [0.3, 0.4) is 0 Å². The number of benzene rings is 1. The van der Waals surface area contributed by atoms with Crippen LogP contribution >= 0.6 is 11.6 Å². The van der Waals surface area contributed by atoms with Crippen LogP contribution in [0.5, 0.6) is 0 Å². The first-order valence-corrected chi connectivity index (χ1v) is 9.74. The van der Waals surface area contributed by atoms with Crippen LogP contribution in [-0.2, 0) is 11.3 Å². The van der Waals surface area contributed by atoms with E-state index in [4.69, 9.17) is 21.6 Å². The fourth-order valence-corrected chi connectivity index (χ4v) is 4.04. The Morgan fingerprint density at radius 3 is 2.79 bits per heavy atom. The molecule has 7 nitrogen and oxygen atoms in total. The maximum Gasteiger partial charge on any atom is 0.410 e. The lowest BCUT2D eigenvalue weighted by atomic mass is 9.91. The molecule has 2 aliphatic rings. The molecule has 0 bridgehead atoms. The molecule has 3 heterocycles. The van der Waals surface area contributed by atoms with E-state index in [1.165, 1.54) is 6.20 Å². The third kappa shape index (κ3) is 4.03. The van der Waals surface area contributed by atoms with Crippen LogP contribution in [0.4, 0.5) is 4.79 Å². The van der Waals surface area contributed by atoms with E-state index in [0.29, 0.717) is 50.1 Å². The van der Waals surface area contributed by atoms with Crippen molar-refractivity contribution >= 4 is 23.6 Å². The highest BCUT2D eigenvalue weighted by atomic mass is 35.5. The highest BCUT2D eigenvalue weighted by Crippen LogP contribution is 2.34. The van der Waals surface area contributed by atoms with Gasteiger partial charge in [0.15, 0.2) is 0 Å². The number of carbonyl (C=O) groups excluding carboxylic acids is 2. The normalized spacial score (nSPS) is 17.9. The molecule has 4 rings (SSSR count). The van der Waals surface area contributed by atoms with Crippen molar-refractivity contribution in [2.75, 3.05) is 19.6 Å². The Hall–Kier alpha value is -3.11. The first-order valence-electron chi connectivity index (χ1n) is 9.36. The van der Waals surface area contributed by atoms with Gasteiger partial charge in [-0.25, -0.2) is 9.78 Å². The molecule has 1 spiro atoms. The van der Waals surface area contributed by atoms with Crippen molar-refractivity contribution in [1.82, 2.24) is 14.8 Å². The fourth-order valence-electron chi connectivity index (χ4n) is 3.87. The SMILES string of the molecule is N#Cc1cccc(CN2CC3(CCN(C(=O)c4ccnc(Cl)c4)CC3)OC2=O)c1. The van der Waals surface area contributed by atoms with Crippen molar-refractivity contribution in [2.45, 2.75) is 25.0 Å². The smallest absolute Gasteiger partial charge is 0.410 e. The Morgan fingerprint density at radius 1 is 1.28 bits per heavy atom. The number of likely N-dealkylation sites (tertiary alicyclic amines) is 1. The van der Waals surface area contributed by atoms with E-state index >= 15 is 0 Å². The van der Waals surface area contributed by atoms with Gasteiger partial charge in [-0.05, 0) is 29.8 Å². The summed E-state index contributed by atoms with van der Waals surface area (Å²) in [5, 5.41) is 9.33. The summed E-state index contributed by atoms with van der Waals surface area (Å²) in [6.07, 6.45) is 2.32. The van der Waals surface area contributed by atoms with Gasteiger partial charge < -0.3 is 9.64 Å². The summed E-state index contributed by atoms with van der Waals surface area (Å²) >= 11 is 5.88. The number of carbonyl (C=O) groups is 2. The van der Waals surface area contributed by atoms with Crippen LogP contribution in [0.1, 0.15) is 34.3 Å². The number of aromatic nitrogens is 1. The van der Waals surface area contributed by atoms with Crippen LogP contribution in [0.2, 0.25) is 5.15 Å². The van der Waals surface area contributed by atoms with Gasteiger partial charge in [0.1, 0.15) is 10.8 Å². The van der Waals surface area contributed by atoms with E-state index in [1.807, 2.05) is 6.07 Å². The third-order valence-electron chi connectivity index (χ3n) is 5.41. The molecule has 1 aromatic carbocycles. The average molecular weight is 411 g/mol. The highest BCUT2D eigenvalue weighted by molar-refractivity contribution is 6.29. The number of ether oxygens (including phenoxy) is 1. The Morgan fingerprint density at radius 2 is 2.07 bits per heavy atom. The van der Waals surface area contributed by atoms with Crippen LogP contribution in [-0.4, -0.2) is 52.0 Å². The monoisotopic (exact) mass is 410 g/mol. The Bertz CT molecular complexity index is 995. The average Bonchev–Trinajstić information content (AvgIpc) is 3.02. The molecule has 2 amide bonds. The summed E-state index contributed by atoms with van der Waals surface area (Å²) in [7, 11) is 0. The predicted octanol–water partition coefficient (Wildman–Crippen LogP) is 3.23. The molecule has 0 unspecified atom stereocenters. The molecule has 29 heavy (non-hydrogen) atoms. The number of halogens is 1. The van der Waals surface area contributed by atoms with Gasteiger partial charge >= 0.3 is 6.09 Å². The standard InChI is InChI=1S/C21H19ClN4O3/c22-18-11-17(4-7-24-18)19(27)25-8-5-21(6-9-25)14-26(20(28)29-21)13-16-3-1-2-15(10-16)12-23/h1-4,7,10-11H,5-6,8-9,13-14H2. The van der Waals surface area contributed by atoms with Gasteiger partial charge in [0, 0.05) is 44.2 Å². The molecule has 0 saturated carbocycles. The number of rotatable bonds is 3. The number of hydrogen-bond donors (Lipinski definition) is 0. The van der Waals surface area contributed by atoms with E-state index in [2.05, 4.69) is 11.1 Å². The van der Waals surface area contributed by atoms with Gasteiger partial charge in [-0.15, -0.1) is 0 Å². The molecular formula is C21H19ClN4O3. The van der Waals surface area contributed by atoms with Crippen molar-refractivity contribution in [1.29, 1.82) is 5.26 Å². The molecule has 2 aromatic rings. The van der Waals surface area contributed by atoms with Crippen LogP contribution in [0, 0.1) is 11.3 Å². The van der Waals surface area contributed by atoms with Crippen molar-refractivity contribution < 1.29 is 14.3 Å². The van der Waals surface area contributed by atoms with E-state index in [0.717, 1.165) is 5.56 Å². The summed E-state index contributed by atoms with van der Waals surface area (Å²) in [5.41, 5.74) is 1.38. The summed E-state index contributed by atoms with van der Waals surface area (Å²) in [6.45, 7) is 1.88. The molecule has 8 heteroatoms. The fraction of sp³-hybridized carbons (Fsp3) is 0.333. The second kappa shape index (κ2) is 7.72. The molecule has 0 N–H and O–H groups in total. The van der Waals surface area contributed by atoms with Gasteiger partial charge in [0.2, 0.25) is 0 Å². The molecule has 0 atom stereocenters. The molecule has 2 aliphatic heterocycles. The molecule has 0 aliphatic carbocycles. The van der Waals surface area contributed by atoms with Crippen molar-refractivity contribution in [2.24, 2.45) is 0 Å². The van der Waals surface area contributed by atoms with E-state index < -0.39 is 5.60 Å².